The minimum Gasteiger partial charge on any atom is -0.497 e. The summed E-state index contributed by atoms with van der Waals surface area (Å²) in [7, 11) is 0. The van der Waals surface area contributed by atoms with Crippen LogP contribution in [0.3, 0.4) is 0 Å². The molecule has 2 rings (SSSR count). The lowest BCUT2D eigenvalue weighted by Gasteiger charge is -2.17. The molecule has 1 aliphatic heterocycles. The van der Waals surface area contributed by atoms with Gasteiger partial charge in [0.25, 0.3) is 0 Å². The Kier molecular flexibility index (Phi) is 3.00. The second kappa shape index (κ2) is 4.61. The number of ether oxygens (including phenoxy) is 2. The van der Waals surface area contributed by atoms with Crippen LogP contribution in [0.5, 0.6) is 0 Å². The minimum atomic E-state index is -0.835. The third-order valence-electron chi connectivity index (χ3n) is 2.15. The lowest BCUT2D eigenvalue weighted by Crippen LogP contribution is -2.32. The van der Waals surface area contributed by atoms with E-state index in [0.29, 0.717) is 5.56 Å². The van der Waals surface area contributed by atoms with Crippen molar-refractivity contribution in [2.75, 3.05) is 6.61 Å². The lowest BCUT2D eigenvalue weighted by molar-refractivity contribution is -0.126. The predicted octanol–water partition coefficient (Wildman–Crippen LogP) is 1.33. The molecule has 16 heavy (non-hydrogen) atoms. The number of rotatable bonds is 2. The Labute approximate surface area is 92.5 Å². The summed E-state index contributed by atoms with van der Waals surface area (Å²) in [6, 6.07) is 8.53. The fraction of sp³-hybridized carbons (Fsp3) is 0.167. The van der Waals surface area contributed by atoms with E-state index in [1.165, 1.54) is 12.3 Å². The molecule has 1 heterocycles. The summed E-state index contributed by atoms with van der Waals surface area (Å²) >= 11 is 0. The maximum Gasteiger partial charge on any atom is 0.338 e. The van der Waals surface area contributed by atoms with Gasteiger partial charge in [0.1, 0.15) is 6.61 Å². The SMILES string of the molecule is O=C(OC1COC=CC1=O)c1ccccc1. The Morgan fingerprint density at radius 3 is 2.75 bits per heavy atom. The second-order valence-corrected chi connectivity index (χ2v) is 3.30. The van der Waals surface area contributed by atoms with Gasteiger partial charge in [-0.25, -0.2) is 4.79 Å². The van der Waals surface area contributed by atoms with Gasteiger partial charge in [-0.1, -0.05) is 18.2 Å². The van der Waals surface area contributed by atoms with Gasteiger partial charge in [0.2, 0.25) is 5.78 Å². The van der Waals surface area contributed by atoms with Crippen molar-refractivity contribution in [3.05, 3.63) is 48.2 Å². The molecule has 1 aromatic carbocycles. The average Bonchev–Trinajstić information content (AvgIpc) is 2.33. The Balaban J connectivity index is 2.03. The Morgan fingerprint density at radius 1 is 1.31 bits per heavy atom. The number of carbonyl (C=O) groups excluding carboxylic acids is 2. The average molecular weight is 218 g/mol. The molecule has 4 heteroatoms. The van der Waals surface area contributed by atoms with Gasteiger partial charge in [0.05, 0.1) is 11.8 Å². The van der Waals surface area contributed by atoms with Gasteiger partial charge in [-0.05, 0) is 12.1 Å². The lowest BCUT2D eigenvalue weighted by atomic mass is 10.2. The van der Waals surface area contributed by atoms with Crippen LogP contribution in [-0.2, 0) is 14.3 Å². The third kappa shape index (κ3) is 2.28. The predicted molar refractivity (Wildman–Crippen MR) is 55.7 cm³/mol. The van der Waals surface area contributed by atoms with Crippen molar-refractivity contribution in [3.63, 3.8) is 0 Å². The largest absolute Gasteiger partial charge is 0.497 e. The fourth-order valence-electron chi connectivity index (χ4n) is 1.31. The number of benzene rings is 1. The van der Waals surface area contributed by atoms with E-state index in [1.54, 1.807) is 30.3 Å². The van der Waals surface area contributed by atoms with Crippen molar-refractivity contribution in [3.8, 4) is 0 Å². The number of esters is 1. The smallest absolute Gasteiger partial charge is 0.338 e. The van der Waals surface area contributed by atoms with Crippen LogP contribution in [0, 0.1) is 0 Å². The molecule has 1 aliphatic rings. The van der Waals surface area contributed by atoms with Crippen molar-refractivity contribution in [1.29, 1.82) is 0 Å². The summed E-state index contributed by atoms with van der Waals surface area (Å²) < 4.78 is 9.94. The van der Waals surface area contributed by atoms with Gasteiger partial charge < -0.3 is 9.47 Å². The van der Waals surface area contributed by atoms with E-state index in [-0.39, 0.29) is 12.4 Å². The van der Waals surface area contributed by atoms with Crippen LogP contribution in [0.15, 0.2) is 42.7 Å². The first-order valence-electron chi connectivity index (χ1n) is 4.85. The first-order chi connectivity index (χ1) is 7.77. The van der Waals surface area contributed by atoms with Crippen molar-refractivity contribution in [2.24, 2.45) is 0 Å². The quantitative estimate of drug-likeness (QED) is 0.702. The standard InChI is InChI=1S/C12H10O4/c13-10-6-7-15-8-11(10)16-12(14)9-4-2-1-3-5-9/h1-7,11H,8H2. The zero-order chi connectivity index (χ0) is 11.4. The Hall–Kier alpha value is -2.10. The van der Waals surface area contributed by atoms with E-state index in [2.05, 4.69) is 0 Å². The van der Waals surface area contributed by atoms with Gasteiger partial charge >= 0.3 is 5.97 Å². The Morgan fingerprint density at radius 2 is 2.06 bits per heavy atom. The molecule has 4 nitrogen and oxygen atoms in total. The molecule has 0 radical (unpaired) electrons. The molecule has 0 aromatic heterocycles. The summed E-state index contributed by atoms with van der Waals surface area (Å²) in [4.78, 5) is 22.9. The van der Waals surface area contributed by atoms with Crippen molar-refractivity contribution in [1.82, 2.24) is 0 Å². The molecule has 1 aromatic rings. The highest BCUT2D eigenvalue weighted by molar-refractivity contribution is 5.97. The molecule has 0 spiro atoms. The van der Waals surface area contributed by atoms with E-state index < -0.39 is 12.1 Å². The van der Waals surface area contributed by atoms with Gasteiger partial charge in [0.15, 0.2) is 6.10 Å². The van der Waals surface area contributed by atoms with E-state index in [9.17, 15) is 9.59 Å². The molecule has 0 N–H and O–H groups in total. The van der Waals surface area contributed by atoms with Crippen LogP contribution < -0.4 is 0 Å². The van der Waals surface area contributed by atoms with E-state index in [4.69, 9.17) is 9.47 Å². The van der Waals surface area contributed by atoms with Crippen molar-refractivity contribution in [2.45, 2.75) is 6.10 Å². The van der Waals surface area contributed by atoms with Crippen molar-refractivity contribution < 1.29 is 19.1 Å². The normalized spacial score (nSPS) is 19.0. The molecule has 0 bridgehead atoms. The van der Waals surface area contributed by atoms with Crippen LogP contribution in [0.1, 0.15) is 10.4 Å². The van der Waals surface area contributed by atoms with Crippen molar-refractivity contribution >= 4 is 11.8 Å². The monoisotopic (exact) mass is 218 g/mol. The molecular formula is C12H10O4. The van der Waals surface area contributed by atoms with Gasteiger partial charge in [-0.3, -0.25) is 4.79 Å². The maximum absolute atomic E-state index is 11.6. The number of hydrogen-bond acceptors (Lipinski definition) is 4. The summed E-state index contributed by atoms with van der Waals surface area (Å²) in [5.74, 6) is -0.770. The third-order valence-corrected chi connectivity index (χ3v) is 2.15. The van der Waals surface area contributed by atoms with E-state index in [1.807, 2.05) is 0 Å². The van der Waals surface area contributed by atoms with E-state index in [0.717, 1.165) is 0 Å². The van der Waals surface area contributed by atoms with Crippen LogP contribution in [-0.4, -0.2) is 24.5 Å². The number of carbonyl (C=O) groups is 2. The molecular weight excluding hydrogens is 208 g/mol. The van der Waals surface area contributed by atoms with Crippen LogP contribution in [0.4, 0.5) is 0 Å². The highest BCUT2D eigenvalue weighted by Crippen LogP contribution is 2.08. The summed E-state index contributed by atoms with van der Waals surface area (Å²) in [5, 5.41) is 0. The molecule has 0 fully saturated rings. The molecule has 1 atom stereocenters. The van der Waals surface area contributed by atoms with Gasteiger partial charge in [-0.2, -0.15) is 0 Å². The summed E-state index contributed by atoms with van der Waals surface area (Å²) in [6.07, 6.45) is 1.72. The van der Waals surface area contributed by atoms with E-state index >= 15 is 0 Å². The zero-order valence-electron chi connectivity index (χ0n) is 8.46. The Bertz CT molecular complexity index is 422. The molecule has 0 amide bonds. The highest BCUT2D eigenvalue weighted by Gasteiger charge is 2.24. The first-order valence-corrected chi connectivity index (χ1v) is 4.85. The topological polar surface area (TPSA) is 52.6 Å². The molecule has 82 valence electrons. The van der Waals surface area contributed by atoms with Crippen LogP contribution in [0.2, 0.25) is 0 Å². The highest BCUT2D eigenvalue weighted by atomic mass is 16.6. The minimum absolute atomic E-state index is 0.0773. The maximum atomic E-state index is 11.6. The van der Waals surface area contributed by atoms with Crippen LogP contribution >= 0.6 is 0 Å². The van der Waals surface area contributed by atoms with Gasteiger partial charge in [0, 0.05) is 6.08 Å². The fourth-order valence-corrected chi connectivity index (χ4v) is 1.31. The zero-order valence-corrected chi connectivity index (χ0v) is 8.46. The number of ketones is 1. The van der Waals surface area contributed by atoms with Crippen LogP contribution in [0.25, 0.3) is 0 Å². The molecule has 0 saturated heterocycles. The number of hydrogen-bond donors (Lipinski definition) is 0. The summed E-state index contributed by atoms with van der Waals surface area (Å²) in [5.41, 5.74) is 0.421. The summed E-state index contributed by atoms with van der Waals surface area (Å²) in [6.45, 7) is 0.0773. The van der Waals surface area contributed by atoms with Gasteiger partial charge in [-0.15, -0.1) is 0 Å². The first kappa shape index (κ1) is 10.4. The molecule has 1 unspecified atom stereocenters. The molecule has 0 aliphatic carbocycles. The molecule has 0 saturated carbocycles. The second-order valence-electron chi connectivity index (χ2n) is 3.30.